The molecule has 6 heterocycles. The molecule has 28 heteroatoms. The lowest BCUT2D eigenvalue weighted by Gasteiger charge is -2.35. The van der Waals surface area contributed by atoms with Crippen molar-refractivity contribution in [1.82, 2.24) is 51.2 Å². The van der Waals surface area contributed by atoms with E-state index in [9.17, 15) is 26.4 Å². The third-order valence-electron chi connectivity index (χ3n) is 16.6. The summed E-state index contributed by atoms with van der Waals surface area (Å²) >= 11 is 0. The van der Waals surface area contributed by atoms with Crippen molar-refractivity contribution in [2.24, 2.45) is 14.1 Å². The second-order valence-corrected chi connectivity index (χ2v) is 29.7. The zero-order chi connectivity index (χ0) is 68.3. The van der Waals surface area contributed by atoms with E-state index in [4.69, 9.17) is 19.4 Å². The van der Waals surface area contributed by atoms with Gasteiger partial charge in [0.2, 0.25) is 31.9 Å². The van der Waals surface area contributed by atoms with E-state index in [0.717, 1.165) is 140 Å². The Balaban J connectivity index is 0.000000209. The number of hydrogen-bond acceptors (Lipinski definition) is 20. The van der Waals surface area contributed by atoms with E-state index >= 15 is 0 Å². The van der Waals surface area contributed by atoms with Crippen molar-refractivity contribution in [2.45, 2.75) is 72.8 Å². The number of methoxy groups -OCH3 is 2. The third kappa shape index (κ3) is 16.6. The number of anilines is 8. The number of carbonyl (C=O) groups excluding carboxylic acids is 2. The standard InChI is InChI=1S/C37H47N9O4S.C30H41N9O4S/c1-25-13-14-27(35(47)38-29-20-28(37(2,3)4)21-30(34(29)50-6)41-51(7,48)49)19-33(25)46-24-32(40-42-46)31-23-43(5)36(39-31)45-17-15-44(16-18-45)22-26-11-9-8-10-12-26;1-19-8-9-20(28(40)32-22-15-21(30(2,3)4)16-23(27(22)43-6)35-44(7,41)42)14-26(19)39-18-25(34-36-39)24-17-37(5)29(33-24)38-12-10-31-11-13-38/h8-14,19-21,23-24,40-42H,15-18,22H2,1-7H3,(H,38,47);8-9,14-18,31,34-36H,10-13H2,1-7H3,(H,32,40). The number of ether oxygens (including phenoxy) is 2. The molecule has 0 radical (unpaired) electrons. The first-order chi connectivity index (χ1) is 44.9. The quantitative estimate of drug-likeness (QED) is 0.0398. The number of aromatic nitrogens is 4. The summed E-state index contributed by atoms with van der Waals surface area (Å²) in [6.07, 6.45) is 9.98. The number of nitrogens with zero attached hydrogens (tertiary/aromatic N) is 9. The minimum absolute atomic E-state index is 0.218. The lowest BCUT2D eigenvalue weighted by atomic mass is 9.86. The second kappa shape index (κ2) is 27.9. The van der Waals surface area contributed by atoms with E-state index in [0.29, 0.717) is 22.5 Å². The number of imidazole rings is 2. The van der Waals surface area contributed by atoms with Crippen molar-refractivity contribution in [3.05, 3.63) is 166 Å². The van der Waals surface area contributed by atoms with Crippen LogP contribution in [0, 0.1) is 13.8 Å². The molecule has 2 aromatic heterocycles. The fraction of sp³-hybridized carbons (Fsp3) is 0.373. The van der Waals surface area contributed by atoms with Gasteiger partial charge in [-0.3, -0.25) is 44.8 Å². The van der Waals surface area contributed by atoms with Gasteiger partial charge in [0, 0.05) is 96.5 Å². The number of rotatable bonds is 18. The molecule has 0 bridgehead atoms. The monoisotopic (exact) mass is 1340 g/mol. The van der Waals surface area contributed by atoms with Gasteiger partial charge in [0.05, 0.1) is 84.6 Å². The molecule has 11 rings (SSSR count). The second-order valence-electron chi connectivity index (χ2n) is 26.2. The number of sulfonamides is 2. The van der Waals surface area contributed by atoms with Crippen molar-refractivity contribution < 1.29 is 35.9 Å². The van der Waals surface area contributed by atoms with Crippen molar-refractivity contribution in [1.29, 1.82) is 0 Å². The van der Waals surface area contributed by atoms with Gasteiger partial charge in [0.25, 0.3) is 11.8 Å². The fourth-order valence-corrected chi connectivity index (χ4v) is 12.5. The molecular formula is C67H88N18O8S2. The van der Waals surface area contributed by atoms with Gasteiger partial charge in [-0.15, -0.1) is 11.1 Å². The van der Waals surface area contributed by atoms with Gasteiger partial charge < -0.3 is 44.4 Å². The minimum Gasteiger partial charge on any atom is -0.492 e. The van der Waals surface area contributed by atoms with Gasteiger partial charge in [-0.05, 0) is 101 Å². The molecule has 4 aliphatic heterocycles. The molecular weight excluding hydrogens is 1250 g/mol. The Labute approximate surface area is 557 Å². The van der Waals surface area contributed by atoms with Crippen LogP contribution in [0.4, 0.5) is 46.0 Å². The third-order valence-corrected chi connectivity index (χ3v) is 17.7. The first-order valence-electron chi connectivity index (χ1n) is 31.3. The fourth-order valence-electron chi connectivity index (χ4n) is 11.4. The summed E-state index contributed by atoms with van der Waals surface area (Å²) in [6, 6.07) is 28.5. The molecule has 26 nitrogen and oxygen atoms in total. The summed E-state index contributed by atoms with van der Waals surface area (Å²) < 4.78 is 68.8. The van der Waals surface area contributed by atoms with Crippen molar-refractivity contribution >= 4 is 89.3 Å². The van der Waals surface area contributed by atoms with Crippen LogP contribution in [0.3, 0.4) is 0 Å². The Hall–Kier alpha value is -9.32. The summed E-state index contributed by atoms with van der Waals surface area (Å²) in [4.78, 5) is 44.2. The molecule has 7 aromatic rings. The largest absolute Gasteiger partial charge is 0.492 e. The Morgan fingerprint density at radius 3 is 1.37 bits per heavy atom. The number of hydrogen-bond donors (Lipinski definition) is 9. The van der Waals surface area contributed by atoms with E-state index in [-0.39, 0.29) is 45.5 Å². The predicted octanol–water partition coefficient (Wildman–Crippen LogP) is 7.70. The topological polar surface area (TPSA) is 281 Å². The van der Waals surface area contributed by atoms with Crippen molar-refractivity contribution in [3.8, 4) is 11.5 Å². The van der Waals surface area contributed by atoms with Gasteiger partial charge in [-0.2, -0.15) is 0 Å². The molecule has 0 saturated carbocycles. The van der Waals surface area contributed by atoms with E-state index in [1.165, 1.54) is 19.8 Å². The summed E-state index contributed by atoms with van der Waals surface area (Å²) in [5, 5.41) is 12.9. The molecule has 2 fully saturated rings. The van der Waals surface area contributed by atoms with Gasteiger partial charge in [0.15, 0.2) is 11.5 Å². The number of amides is 2. The highest BCUT2D eigenvalue weighted by atomic mass is 32.2. The van der Waals surface area contributed by atoms with E-state index in [1.54, 1.807) is 36.4 Å². The highest BCUT2D eigenvalue weighted by molar-refractivity contribution is 7.92. The maximum atomic E-state index is 13.7. The molecule has 0 aliphatic carbocycles. The number of carbonyl (C=O) groups is 2. The average Bonchev–Trinajstić information content (AvgIpc) is 1.75. The van der Waals surface area contributed by atoms with Crippen LogP contribution in [0.5, 0.6) is 11.5 Å². The Morgan fingerprint density at radius 1 is 0.558 bits per heavy atom. The summed E-state index contributed by atoms with van der Waals surface area (Å²) in [7, 11) is -0.328. The van der Waals surface area contributed by atoms with Crippen LogP contribution in [0.2, 0.25) is 0 Å². The number of piperazine rings is 2. The minimum atomic E-state index is -3.61. The van der Waals surface area contributed by atoms with Crippen LogP contribution >= 0.6 is 0 Å². The maximum absolute atomic E-state index is 13.7. The lowest BCUT2D eigenvalue weighted by Crippen LogP contribution is -2.46. The average molecular weight is 1340 g/mol. The summed E-state index contributed by atoms with van der Waals surface area (Å²) in [5.74, 6) is 1.52. The Morgan fingerprint density at radius 2 is 0.968 bits per heavy atom. The van der Waals surface area contributed by atoms with Crippen molar-refractivity contribution in [2.75, 3.05) is 119 Å². The molecule has 506 valence electrons. The smallest absolute Gasteiger partial charge is 0.255 e. The van der Waals surface area contributed by atoms with Crippen LogP contribution < -0.4 is 76.6 Å². The SMILES string of the molecule is COc1c(NC(=O)c2ccc(C)c(N3C=C(c4cn(C)c(N5CCN(Cc6ccccc6)CC5)n4)NN3)c2)cc(C(C)(C)C)cc1NS(C)(=O)=O.COc1c(NC(=O)c2ccc(C)c(N3C=C(c4cn(C)c(N5CCNCC5)n4)NN3)c2)cc(C(C)(C)C)cc1NS(C)(=O)=O. The molecule has 2 saturated heterocycles. The van der Waals surface area contributed by atoms with Gasteiger partial charge in [-0.25, -0.2) is 26.8 Å². The van der Waals surface area contributed by atoms with Crippen LogP contribution in [-0.2, 0) is 51.5 Å². The van der Waals surface area contributed by atoms with Crippen LogP contribution in [-0.4, -0.2) is 132 Å². The van der Waals surface area contributed by atoms with Crippen LogP contribution in [0.1, 0.15) is 101 Å². The van der Waals surface area contributed by atoms with E-state index in [2.05, 4.69) is 90.8 Å². The highest BCUT2D eigenvalue weighted by Gasteiger charge is 2.29. The summed E-state index contributed by atoms with van der Waals surface area (Å²) in [5.41, 5.74) is 23.8. The first kappa shape index (κ1) is 68.5. The van der Waals surface area contributed by atoms with Gasteiger partial charge in [0.1, 0.15) is 11.4 Å². The Kier molecular flexibility index (Phi) is 20.2. The number of benzene rings is 5. The summed E-state index contributed by atoms with van der Waals surface area (Å²) in [6.45, 7) is 24.3. The molecule has 9 N–H and O–H groups in total. The normalized spacial score (nSPS) is 15.5. The molecule has 0 unspecified atom stereocenters. The Bertz CT molecular complexity index is 4300. The number of nitrogens with one attached hydrogen (secondary N) is 9. The zero-order valence-electron chi connectivity index (χ0n) is 56.4. The van der Waals surface area contributed by atoms with Crippen LogP contribution in [0.25, 0.3) is 11.4 Å². The highest BCUT2D eigenvalue weighted by Crippen LogP contribution is 2.42. The molecule has 4 aliphatic rings. The van der Waals surface area contributed by atoms with Crippen molar-refractivity contribution in [3.63, 3.8) is 0 Å². The molecule has 5 aromatic carbocycles. The van der Waals surface area contributed by atoms with E-state index in [1.807, 2.05) is 139 Å². The maximum Gasteiger partial charge on any atom is 0.255 e. The van der Waals surface area contributed by atoms with Crippen LogP contribution in [0.15, 0.2) is 116 Å². The lowest BCUT2D eigenvalue weighted by molar-refractivity contribution is 0.101. The first-order valence-corrected chi connectivity index (χ1v) is 35.0. The van der Waals surface area contributed by atoms with Gasteiger partial charge >= 0.3 is 0 Å². The molecule has 0 spiro atoms. The zero-order valence-corrected chi connectivity index (χ0v) is 58.1. The predicted molar refractivity (Wildman–Crippen MR) is 377 cm³/mol. The molecule has 95 heavy (non-hydrogen) atoms. The molecule has 2 amide bonds. The number of hydrazine groups is 4. The van der Waals surface area contributed by atoms with E-state index < -0.39 is 20.0 Å². The van der Waals surface area contributed by atoms with Gasteiger partial charge in [-0.1, -0.05) is 84.0 Å². The number of aryl methyl sites for hydroxylation is 4. The molecule has 0 atom stereocenters.